The Kier molecular flexibility index (Phi) is 7.78. The first-order chi connectivity index (χ1) is 16.0. The molecule has 0 saturated heterocycles. The molecule has 0 bridgehead atoms. The number of nitrogens with zero attached hydrogens (tertiary/aromatic N) is 2. The van der Waals surface area contributed by atoms with Crippen molar-refractivity contribution in [2.45, 2.75) is 50.3 Å². The van der Waals surface area contributed by atoms with E-state index in [1.54, 1.807) is 31.4 Å². The predicted molar refractivity (Wildman–Crippen MR) is 137 cm³/mol. The summed E-state index contributed by atoms with van der Waals surface area (Å²) in [6, 6.07) is 9.28. The number of thiophene rings is 1. The molecule has 1 N–H and O–H groups in total. The average molecular weight is 504 g/mol. The Hall–Kier alpha value is -2.29. The second-order valence-electron chi connectivity index (χ2n) is 7.90. The molecule has 2 heterocycles. The first-order valence-electron chi connectivity index (χ1n) is 11.0. The quantitative estimate of drug-likeness (QED) is 0.490. The van der Waals surface area contributed by atoms with Crippen molar-refractivity contribution < 1.29 is 14.3 Å². The third-order valence-electron chi connectivity index (χ3n) is 5.66. The van der Waals surface area contributed by atoms with Gasteiger partial charge in [-0.3, -0.25) is 14.5 Å². The maximum Gasteiger partial charge on any atom is 0.283 e. The van der Waals surface area contributed by atoms with Crippen molar-refractivity contribution in [2.75, 3.05) is 12.0 Å². The van der Waals surface area contributed by atoms with Crippen molar-refractivity contribution in [3.63, 3.8) is 0 Å². The van der Waals surface area contributed by atoms with Crippen LogP contribution >= 0.6 is 34.7 Å². The minimum Gasteiger partial charge on any atom is -0.495 e. The van der Waals surface area contributed by atoms with E-state index in [0.29, 0.717) is 33.7 Å². The largest absolute Gasteiger partial charge is 0.495 e. The Bertz CT molecular complexity index is 1080. The molecule has 1 aliphatic carbocycles. The zero-order valence-corrected chi connectivity index (χ0v) is 20.9. The van der Waals surface area contributed by atoms with Crippen molar-refractivity contribution >= 4 is 63.4 Å². The van der Waals surface area contributed by atoms with Gasteiger partial charge in [0, 0.05) is 10.9 Å². The number of hydrogen-bond donors (Lipinski definition) is 1. The van der Waals surface area contributed by atoms with E-state index in [1.807, 2.05) is 24.4 Å². The van der Waals surface area contributed by atoms with Crippen LogP contribution in [-0.4, -0.2) is 35.4 Å². The van der Waals surface area contributed by atoms with Crippen LogP contribution in [0.3, 0.4) is 0 Å². The Morgan fingerprint density at radius 3 is 2.82 bits per heavy atom. The highest BCUT2D eigenvalue weighted by atomic mass is 35.5. The van der Waals surface area contributed by atoms with Crippen LogP contribution in [0.4, 0.5) is 5.69 Å². The zero-order chi connectivity index (χ0) is 23.4. The number of amidine groups is 1. The van der Waals surface area contributed by atoms with Crippen LogP contribution in [0.1, 0.15) is 43.9 Å². The summed E-state index contributed by atoms with van der Waals surface area (Å²) in [5.74, 6) is 0.265. The highest BCUT2D eigenvalue weighted by molar-refractivity contribution is 8.15. The van der Waals surface area contributed by atoms with Gasteiger partial charge in [0.25, 0.3) is 5.91 Å². The summed E-state index contributed by atoms with van der Waals surface area (Å²) in [5.41, 5.74) is 0.913. The number of carbonyl (C=O) groups is 2. The third kappa shape index (κ3) is 5.45. The SMILES string of the molecule is CC[C@@H](SC1=N/C(=C/c2cccs2)C(=O)N1c1ccc(OC)c(Cl)c1)C(=O)NC1CCCC1. The highest BCUT2D eigenvalue weighted by Crippen LogP contribution is 2.36. The van der Waals surface area contributed by atoms with E-state index in [4.69, 9.17) is 16.3 Å². The summed E-state index contributed by atoms with van der Waals surface area (Å²) >= 11 is 9.19. The summed E-state index contributed by atoms with van der Waals surface area (Å²) in [6.45, 7) is 1.97. The molecule has 1 saturated carbocycles. The van der Waals surface area contributed by atoms with Gasteiger partial charge in [-0.25, -0.2) is 4.99 Å². The van der Waals surface area contributed by atoms with Crippen molar-refractivity contribution in [2.24, 2.45) is 4.99 Å². The lowest BCUT2D eigenvalue weighted by Crippen LogP contribution is -2.40. The molecule has 0 unspecified atom stereocenters. The van der Waals surface area contributed by atoms with E-state index < -0.39 is 0 Å². The number of carbonyl (C=O) groups excluding carboxylic acids is 2. The smallest absolute Gasteiger partial charge is 0.283 e. The Balaban J connectivity index is 1.63. The summed E-state index contributed by atoms with van der Waals surface area (Å²) in [6.07, 6.45) is 6.75. The van der Waals surface area contributed by atoms with Crippen LogP contribution in [0.15, 0.2) is 46.4 Å². The van der Waals surface area contributed by atoms with Gasteiger partial charge in [-0.1, -0.05) is 49.2 Å². The molecule has 0 radical (unpaired) electrons. The maximum atomic E-state index is 13.4. The lowest BCUT2D eigenvalue weighted by atomic mass is 10.2. The van der Waals surface area contributed by atoms with Crippen LogP contribution in [0.5, 0.6) is 5.75 Å². The molecule has 174 valence electrons. The second kappa shape index (κ2) is 10.8. The van der Waals surface area contributed by atoms with Crippen LogP contribution in [0.2, 0.25) is 5.02 Å². The zero-order valence-electron chi connectivity index (χ0n) is 18.5. The van der Waals surface area contributed by atoms with E-state index in [0.717, 1.165) is 30.6 Å². The molecule has 2 aromatic rings. The van der Waals surface area contributed by atoms with E-state index in [2.05, 4.69) is 10.3 Å². The van der Waals surface area contributed by atoms with Crippen molar-refractivity contribution in [1.82, 2.24) is 5.32 Å². The number of nitrogens with one attached hydrogen (secondary N) is 1. The molecule has 4 rings (SSSR count). The number of benzene rings is 1. The summed E-state index contributed by atoms with van der Waals surface area (Å²) in [7, 11) is 1.54. The summed E-state index contributed by atoms with van der Waals surface area (Å²) in [5, 5.41) is 5.64. The molecule has 2 amide bonds. The van der Waals surface area contributed by atoms with Gasteiger partial charge in [-0.05, 0) is 55.0 Å². The Labute approximate surface area is 207 Å². The number of amides is 2. The van der Waals surface area contributed by atoms with Gasteiger partial charge in [0.15, 0.2) is 5.17 Å². The van der Waals surface area contributed by atoms with Gasteiger partial charge in [-0.15, -0.1) is 11.3 Å². The first kappa shape index (κ1) is 23.9. The summed E-state index contributed by atoms with van der Waals surface area (Å²) < 4.78 is 5.25. The average Bonchev–Trinajstić information content (AvgIpc) is 3.56. The molecule has 1 fully saturated rings. The second-order valence-corrected chi connectivity index (χ2v) is 10.5. The van der Waals surface area contributed by atoms with Crippen LogP contribution in [0, 0.1) is 0 Å². The lowest BCUT2D eigenvalue weighted by Gasteiger charge is -2.22. The Morgan fingerprint density at radius 2 is 2.18 bits per heavy atom. The molecule has 1 aromatic carbocycles. The number of anilines is 1. The van der Waals surface area contributed by atoms with E-state index in [9.17, 15) is 9.59 Å². The van der Waals surface area contributed by atoms with E-state index in [1.165, 1.54) is 28.0 Å². The van der Waals surface area contributed by atoms with Crippen molar-refractivity contribution in [3.05, 3.63) is 51.3 Å². The number of rotatable bonds is 7. The fourth-order valence-corrected chi connectivity index (χ4v) is 5.86. The standard InChI is InChI=1S/C24H26ClN3O3S2/c1-3-21(22(29)26-15-7-4-5-8-15)33-24-27-19(14-17-9-6-12-32-17)23(30)28(24)16-10-11-20(31-2)18(25)13-16/h6,9-15,21H,3-5,7-8H2,1-2H3,(H,26,29)/b19-14+/t21-/m1/s1. The highest BCUT2D eigenvalue weighted by Gasteiger charge is 2.35. The first-order valence-corrected chi connectivity index (χ1v) is 13.1. The van der Waals surface area contributed by atoms with E-state index >= 15 is 0 Å². The molecule has 0 spiro atoms. The van der Waals surface area contributed by atoms with Gasteiger partial charge in [0.2, 0.25) is 5.91 Å². The maximum absolute atomic E-state index is 13.4. The van der Waals surface area contributed by atoms with Gasteiger partial charge >= 0.3 is 0 Å². The predicted octanol–water partition coefficient (Wildman–Crippen LogP) is 5.72. The van der Waals surface area contributed by atoms with Gasteiger partial charge in [0.1, 0.15) is 11.4 Å². The number of methoxy groups -OCH3 is 1. The fraction of sp³-hybridized carbons (Fsp3) is 0.375. The van der Waals surface area contributed by atoms with E-state index in [-0.39, 0.29) is 23.1 Å². The van der Waals surface area contributed by atoms with Crippen molar-refractivity contribution in [1.29, 1.82) is 0 Å². The minimum atomic E-state index is -0.352. The van der Waals surface area contributed by atoms with Crippen LogP contribution in [0.25, 0.3) is 6.08 Å². The molecular formula is C24H26ClN3O3S2. The van der Waals surface area contributed by atoms with Crippen LogP contribution in [-0.2, 0) is 9.59 Å². The van der Waals surface area contributed by atoms with Crippen molar-refractivity contribution in [3.8, 4) is 5.75 Å². The lowest BCUT2D eigenvalue weighted by molar-refractivity contribution is -0.121. The Morgan fingerprint density at radius 1 is 1.39 bits per heavy atom. The molecule has 1 aromatic heterocycles. The molecule has 1 aliphatic heterocycles. The molecule has 2 aliphatic rings. The molecule has 33 heavy (non-hydrogen) atoms. The normalized spacial score (nSPS) is 18.6. The topological polar surface area (TPSA) is 71.0 Å². The third-order valence-corrected chi connectivity index (χ3v) is 8.09. The minimum absolute atomic E-state index is 0.00653. The number of hydrogen-bond acceptors (Lipinski definition) is 6. The summed E-state index contributed by atoms with van der Waals surface area (Å²) in [4.78, 5) is 33.5. The number of halogens is 1. The fourth-order valence-electron chi connectivity index (χ4n) is 3.92. The van der Waals surface area contributed by atoms with Gasteiger partial charge in [-0.2, -0.15) is 0 Å². The number of ether oxygens (including phenoxy) is 1. The van der Waals surface area contributed by atoms with Gasteiger partial charge in [0.05, 0.1) is 23.1 Å². The van der Waals surface area contributed by atoms with Gasteiger partial charge < -0.3 is 10.1 Å². The molecular weight excluding hydrogens is 478 g/mol. The number of aliphatic imine (C=N–C) groups is 1. The molecule has 9 heteroatoms. The molecule has 1 atom stereocenters. The monoisotopic (exact) mass is 503 g/mol. The number of thioether (sulfide) groups is 1. The molecule has 6 nitrogen and oxygen atoms in total. The van der Waals surface area contributed by atoms with Crippen LogP contribution < -0.4 is 15.0 Å².